The molecule has 4 nitrogen and oxygen atoms in total. The summed E-state index contributed by atoms with van der Waals surface area (Å²) in [6.45, 7) is 1.98. The van der Waals surface area contributed by atoms with Gasteiger partial charge in [0.25, 0.3) is 0 Å². The van der Waals surface area contributed by atoms with E-state index in [1.807, 2.05) is 31.2 Å². The molecule has 0 fully saturated rings. The van der Waals surface area contributed by atoms with E-state index in [1.165, 1.54) is 12.1 Å². The number of amides is 1. The number of carboxylic acid groups (broad SMARTS) is 1. The molecule has 0 spiro atoms. The number of hydrogen-bond acceptors (Lipinski definition) is 3. The number of aryl methyl sites for hydroxylation is 1. The third kappa shape index (κ3) is 3.80. The molecule has 2 N–H and O–H groups in total. The standard InChI is InChI=1S/C15H13NO3S/c1-10-3-2-4-11(9-10)5-7-13(17)16-14-8-6-12(20-14)15(18)19/h2-9H,1H3,(H,16,17)(H,18,19)/b7-5+. The van der Waals surface area contributed by atoms with Crippen molar-refractivity contribution in [3.63, 3.8) is 0 Å². The van der Waals surface area contributed by atoms with Gasteiger partial charge >= 0.3 is 5.97 Å². The van der Waals surface area contributed by atoms with Gasteiger partial charge in [0.2, 0.25) is 5.91 Å². The minimum absolute atomic E-state index is 0.197. The highest BCUT2D eigenvalue weighted by atomic mass is 32.1. The van der Waals surface area contributed by atoms with Crippen molar-refractivity contribution >= 4 is 34.3 Å². The SMILES string of the molecule is Cc1cccc(/C=C/C(=O)Nc2ccc(C(=O)O)s2)c1. The number of aromatic carboxylic acids is 1. The van der Waals surface area contributed by atoms with Gasteiger partial charge in [-0.3, -0.25) is 4.79 Å². The van der Waals surface area contributed by atoms with Gasteiger partial charge in [0.05, 0.1) is 5.00 Å². The van der Waals surface area contributed by atoms with Crippen molar-refractivity contribution in [2.45, 2.75) is 6.92 Å². The maximum absolute atomic E-state index is 11.7. The maximum Gasteiger partial charge on any atom is 0.345 e. The Hall–Kier alpha value is -2.40. The maximum atomic E-state index is 11.7. The summed E-state index contributed by atoms with van der Waals surface area (Å²) in [5.74, 6) is -1.28. The zero-order valence-electron chi connectivity index (χ0n) is 10.8. The number of carbonyl (C=O) groups is 2. The lowest BCUT2D eigenvalue weighted by Crippen LogP contribution is -2.06. The quantitative estimate of drug-likeness (QED) is 0.847. The molecular weight excluding hydrogens is 274 g/mol. The van der Waals surface area contributed by atoms with Crippen LogP contribution in [0.1, 0.15) is 20.8 Å². The van der Waals surface area contributed by atoms with Gasteiger partial charge in [0.15, 0.2) is 0 Å². The molecule has 2 rings (SSSR count). The third-order valence-electron chi connectivity index (χ3n) is 2.53. The molecular formula is C15H13NO3S. The zero-order valence-corrected chi connectivity index (χ0v) is 11.6. The van der Waals surface area contributed by atoms with Crippen molar-refractivity contribution < 1.29 is 14.7 Å². The minimum Gasteiger partial charge on any atom is -0.477 e. The topological polar surface area (TPSA) is 66.4 Å². The van der Waals surface area contributed by atoms with Crippen LogP contribution in [0.4, 0.5) is 5.00 Å². The molecule has 0 aliphatic carbocycles. The second kappa shape index (κ2) is 6.16. The van der Waals surface area contributed by atoms with E-state index >= 15 is 0 Å². The Morgan fingerprint density at radius 1 is 1.25 bits per heavy atom. The summed E-state index contributed by atoms with van der Waals surface area (Å²) in [6, 6.07) is 10.8. The first kappa shape index (κ1) is 14.0. The molecule has 0 radical (unpaired) electrons. The number of benzene rings is 1. The van der Waals surface area contributed by atoms with Crippen LogP contribution in [0.25, 0.3) is 6.08 Å². The highest BCUT2D eigenvalue weighted by molar-refractivity contribution is 7.18. The van der Waals surface area contributed by atoms with Gasteiger partial charge < -0.3 is 10.4 Å². The summed E-state index contributed by atoms with van der Waals surface area (Å²) in [7, 11) is 0. The molecule has 0 saturated heterocycles. The van der Waals surface area contributed by atoms with E-state index < -0.39 is 5.97 Å². The number of carbonyl (C=O) groups excluding carboxylic acids is 1. The fourth-order valence-corrected chi connectivity index (χ4v) is 2.38. The Balaban J connectivity index is 1.99. The van der Waals surface area contributed by atoms with Crippen molar-refractivity contribution in [3.8, 4) is 0 Å². The highest BCUT2D eigenvalue weighted by Crippen LogP contribution is 2.21. The summed E-state index contributed by atoms with van der Waals surface area (Å²) in [6.07, 6.45) is 3.14. The van der Waals surface area contributed by atoms with Crippen LogP contribution < -0.4 is 5.32 Å². The average Bonchev–Trinajstić information content (AvgIpc) is 2.85. The molecule has 2 aromatic rings. The zero-order chi connectivity index (χ0) is 14.5. The first-order valence-electron chi connectivity index (χ1n) is 5.93. The van der Waals surface area contributed by atoms with E-state index in [4.69, 9.17) is 5.11 Å². The Morgan fingerprint density at radius 2 is 2.05 bits per heavy atom. The van der Waals surface area contributed by atoms with Gasteiger partial charge in [0.1, 0.15) is 4.88 Å². The molecule has 0 atom stereocenters. The van der Waals surface area contributed by atoms with Crippen molar-refractivity contribution in [3.05, 3.63) is 58.5 Å². The van der Waals surface area contributed by atoms with Gasteiger partial charge in [0, 0.05) is 6.08 Å². The lowest BCUT2D eigenvalue weighted by molar-refractivity contribution is -0.111. The van der Waals surface area contributed by atoms with Crippen LogP contribution in [0.5, 0.6) is 0 Å². The molecule has 0 aliphatic heterocycles. The van der Waals surface area contributed by atoms with E-state index in [9.17, 15) is 9.59 Å². The predicted octanol–water partition coefficient (Wildman–Crippen LogP) is 3.41. The van der Waals surface area contributed by atoms with Gasteiger partial charge in [-0.2, -0.15) is 0 Å². The second-order valence-corrected chi connectivity index (χ2v) is 5.29. The Kier molecular flexibility index (Phi) is 4.32. The number of carboxylic acids is 1. The molecule has 0 bridgehead atoms. The monoisotopic (exact) mass is 287 g/mol. The molecule has 1 aromatic carbocycles. The Labute approximate surface area is 120 Å². The number of anilines is 1. The summed E-state index contributed by atoms with van der Waals surface area (Å²) in [5.41, 5.74) is 2.06. The number of hydrogen-bond donors (Lipinski definition) is 2. The highest BCUT2D eigenvalue weighted by Gasteiger charge is 2.07. The van der Waals surface area contributed by atoms with E-state index in [2.05, 4.69) is 5.32 Å². The van der Waals surface area contributed by atoms with Gasteiger partial charge in [-0.05, 0) is 30.7 Å². The Morgan fingerprint density at radius 3 is 2.70 bits per heavy atom. The van der Waals surface area contributed by atoms with Crippen LogP contribution in [0.2, 0.25) is 0 Å². The van der Waals surface area contributed by atoms with E-state index in [1.54, 1.807) is 12.1 Å². The number of rotatable bonds is 4. The molecule has 0 aliphatic rings. The molecule has 102 valence electrons. The van der Waals surface area contributed by atoms with Crippen molar-refractivity contribution in [1.29, 1.82) is 0 Å². The van der Waals surface area contributed by atoms with E-state index in [-0.39, 0.29) is 10.8 Å². The van der Waals surface area contributed by atoms with Crippen LogP contribution >= 0.6 is 11.3 Å². The van der Waals surface area contributed by atoms with Crippen LogP contribution in [-0.2, 0) is 4.79 Å². The summed E-state index contributed by atoms with van der Waals surface area (Å²) in [4.78, 5) is 22.6. The van der Waals surface area contributed by atoms with Crippen LogP contribution in [-0.4, -0.2) is 17.0 Å². The van der Waals surface area contributed by atoms with Crippen molar-refractivity contribution in [1.82, 2.24) is 0 Å². The lowest BCUT2D eigenvalue weighted by Gasteiger charge is -1.98. The summed E-state index contributed by atoms with van der Waals surface area (Å²) in [5, 5.41) is 11.9. The van der Waals surface area contributed by atoms with Crippen LogP contribution in [0.15, 0.2) is 42.5 Å². The van der Waals surface area contributed by atoms with Crippen LogP contribution in [0, 0.1) is 6.92 Å². The average molecular weight is 287 g/mol. The summed E-state index contributed by atoms with van der Waals surface area (Å²) < 4.78 is 0. The Bertz CT molecular complexity index is 673. The lowest BCUT2D eigenvalue weighted by atomic mass is 10.1. The first-order valence-corrected chi connectivity index (χ1v) is 6.75. The van der Waals surface area contributed by atoms with E-state index in [0.29, 0.717) is 5.00 Å². The smallest absolute Gasteiger partial charge is 0.345 e. The molecule has 0 unspecified atom stereocenters. The van der Waals surface area contributed by atoms with Gasteiger partial charge in [-0.1, -0.05) is 29.8 Å². The minimum atomic E-state index is -0.995. The van der Waals surface area contributed by atoms with E-state index in [0.717, 1.165) is 22.5 Å². The third-order valence-corrected chi connectivity index (χ3v) is 3.52. The molecule has 0 saturated carbocycles. The predicted molar refractivity (Wildman–Crippen MR) is 80.1 cm³/mol. The van der Waals surface area contributed by atoms with Gasteiger partial charge in [-0.25, -0.2) is 4.79 Å². The number of thiophene rings is 1. The number of nitrogens with one attached hydrogen (secondary N) is 1. The first-order chi connectivity index (χ1) is 9.54. The molecule has 1 amide bonds. The fraction of sp³-hybridized carbons (Fsp3) is 0.0667. The largest absolute Gasteiger partial charge is 0.477 e. The van der Waals surface area contributed by atoms with Gasteiger partial charge in [-0.15, -0.1) is 11.3 Å². The second-order valence-electron chi connectivity index (χ2n) is 4.21. The molecule has 1 heterocycles. The van der Waals surface area contributed by atoms with Crippen LogP contribution in [0.3, 0.4) is 0 Å². The fourth-order valence-electron chi connectivity index (χ4n) is 1.63. The molecule has 5 heteroatoms. The normalized spacial score (nSPS) is 10.7. The van der Waals surface area contributed by atoms with Crippen molar-refractivity contribution in [2.75, 3.05) is 5.32 Å². The summed E-state index contributed by atoms with van der Waals surface area (Å²) >= 11 is 1.03. The molecule has 1 aromatic heterocycles. The van der Waals surface area contributed by atoms with Crippen molar-refractivity contribution in [2.24, 2.45) is 0 Å². The molecule has 20 heavy (non-hydrogen) atoms.